The Morgan fingerprint density at radius 3 is 2.29 bits per heavy atom. The summed E-state index contributed by atoms with van der Waals surface area (Å²) in [5.74, 6) is 0. The van der Waals surface area contributed by atoms with Gasteiger partial charge in [0.2, 0.25) is 0 Å². The van der Waals surface area contributed by atoms with Crippen LogP contribution in [0.25, 0.3) is 0 Å². The van der Waals surface area contributed by atoms with Crippen LogP contribution in [0.1, 0.15) is 6.42 Å². The van der Waals surface area contributed by atoms with Gasteiger partial charge in [-0.2, -0.15) is 0 Å². The first kappa shape index (κ1) is 7.61. The Labute approximate surface area is 58.1 Å². The zero-order chi connectivity index (χ0) is 4.41. The van der Waals surface area contributed by atoms with Crippen molar-refractivity contribution in [3.8, 4) is 0 Å². The Morgan fingerprint density at radius 1 is 1.71 bits per heavy atom. The quantitative estimate of drug-likeness (QED) is 0.667. The Kier molecular flexibility index (Phi) is 3.90. The largest absolute Gasteiger partial charge is 0.329 e. The van der Waals surface area contributed by atoms with Crippen LogP contribution in [-0.2, 0) is 21.1 Å². The molecule has 2 nitrogen and oxygen atoms in total. The van der Waals surface area contributed by atoms with E-state index in [2.05, 4.69) is 5.32 Å². The summed E-state index contributed by atoms with van der Waals surface area (Å²) in [6.45, 7) is 1.97. The molecule has 0 spiro atoms. The fraction of sp³-hybridized carbons (Fsp3) is 1.00. The molecule has 1 unspecified atom stereocenters. The van der Waals surface area contributed by atoms with Crippen LogP contribution in [-0.4, -0.2) is 19.1 Å². The molecule has 1 rings (SSSR count). The van der Waals surface area contributed by atoms with E-state index in [4.69, 9.17) is 5.73 Å². The van der Waals surface area contributed by atoms with Crippen LogP contribution in [0.3, 0.4) is 0 Å². The average Bonchev–Trinajstić information content (AvgIpc) is 1.31. The molecule has 0 bridgehead atoms. The van der Waals surface area contributed by atoms with Crippen molar-refractivity contribution >= 4 is 0 Å². The van der Waals surface area contributed by atoms with Gasteiger partial charge in [0.05, 0.1) is 0 Å². The van der Waals surface area contributed by atoms with E-state index >= 15 is 0 Å². The second kappa shape index (κ2) is 3.59. The van der Waals surface area contributed by atoms with Crippen LogP contribution in [0, 0.1) is 0 Å². The first-order valence-electron chi connectivity index (χ1n) is 2.37. The van der Waals surface area contributed by atoms with Gasteiger partial charge in [-0.05, 0) is 13.0 Å². The van der Waals surface area contributed by atoms with Crippen molar-refractivity contribution in [1.82, 2.24) is 5.32 Å². The predicted molar refractivity (Wildman–Crippen MR) is 25.5 cm³/mol. The van der Waals surface area contributed by atoms with E-state index in [1.165, 1.54) is 13.0 Å². The second-order valence-electron chi connectivity index (χ2n) is 1.68. The van der Waals surface area contributed by atoms with Crippen LogP contribution in [0.5, 0.6) is 0 Å². The fourth-order valence-corrected chi connectivity index (χ4v) is 0.550. The van der Waals surface area contributed by atoms with E-state index in [-0.39, 0.29) is 21.1 Å². The molecule has 1 heterocycles. The molecule has 1 fully saturated rings. The van der Waals surface area contributed by atoms with Gasteiger partial charge in [0.25, 0.3) is 0 Å². The van der Waals surface area contributed by atoms with Gasteiger partial charge in [0, 0.05) is 33.7 Å². The van der Waals surface area contributed by atoms with Gasteiger partial charge in [-0.15, -0.1) is 0 Å². The van der Waals surface area contributed by atoms with Crippen molar-refractivity contribution in [2.24, 2.45) is 5.73 Å². The second-order valence-corrected chi connectivity index (χ2v) is 1.68. The van der Waals surface area contributed by atoms with Crippen molar-refractivity contribution < 1.29 is 21.1 Å². The zero-order valence-corrected chi connectivity index (χ0v) is 6.36. The van der Waals surface area contributed by atoms with Gasteiger partial charge >= 0.3 is 0 Å². The summed E-state index contributed by atoms with van der Waals surface area (Å²) < 4.78 is 0. The van der Waals surface area contributed by atoms with Gasteiger partial charge < -0.3 is 11.1 Å². The minimum absolute atomic E-state index is 0. The van der Waals surface area contributed by atoms with Crippen molar-refractivity contribution in [3.05, 3.63) is 0 Å². The number of nitrogens with two attached hydrogens (primary N) is 1. The number of rotatable bonds is 1. The smallest absolute Gasteiger partial charge is 0.0202 e. The summed E-state index contributed by atoms with van der Waals surface area (Å²) in [7, 11) is 0. The van der Waals surface area contributed by atoms with Crippen molar-refractivity contribution in [1.29, 1.82) is 0 Å². The fourth-order valence-electron chi connectivity index (χ4n) is 0.550. The van der Waals surface area contributed by atoms with Crippen LogP contribution < -0.4 is 11.1 Å². The molecule has 0 aliphatic carbocycles. The number of nitrogens with one attached hydrogen (secondary N) is 1. The minimum Gasteiger partial charge on any atom is -0.329 e. The zero-order valence-electron chi connectivity index (χ0n) is 4.09. The Balaban J connectivity index is 0.000000360. The average molecular weight is 281 g/mol. The van der Waals surface area contributed by atoms with E-state index < -0.39 is 0 Å². The summed E-state index contributed by atoms with van der Waals surface area (Å²) in [5.41, 5.74) is 5.27. The predicted octanol–water partition coefficient (Wildman–Crippen LogP) is -0.696. The molecule has 0 amide bonds. The molecule has 0 aromatic heterocycles. The minimum atomic E-state index is 0. The first-order valence-corrected chi connectivity index (χ1v) is 2.37. The summed E-state index contributed by atoms with van der Waals surface area (Å²) >= 11 is 0. The van der Waals surface area contributed by atoms with E-state index in [0.717, 1.165) is 6.54 Å². The SMILES string of the molecule is NCC1CCN1.[Pt]. The van der Waals surface area contributed by atoms with Crippen LogP contribution in [0.15, 0.2) is 0 Å². The van der Waals surface area contributed by atoms with Crippen LogP contribution >= 0.6 is 0 Å². The molecule has 1 saturated heterocycles. The molecular weight excluding hydrogens is 271 g/mol. The molecule has 46 valence electrons. The third kappa shape index (κ3) is 1.89. The van der Waals surface area contributed by atoms with Gasteiger partial charge in [-0.1, -0.05) is 0 Å². The third-order valence-electron chi connectivity index (χ3n) is 1.21. The maximum Gasteiger partial charge on any atom is 0.0202 e. The van der Waals surface area contributed by atoms with Crippen LogP contribution in [0.2, 0.25) is 0 Å². The van der Waals surface area contributed by atoms with Crippen molar-refractivity contribution in [2.75, 3.05) is 13.1 Å². The molecule has 7 heavy (non-hydrogen) atoms. The number of hydrogen-bond donors (Lipinski definition) is 2. The normalized spacial score (nSPS) is 27.9. The van der Waals surface area contributed by atoms with Gasteiger partial charge in [0.1, 0.15) is 0 Å². The van der Waals surface area contributed by atoms with E-state index in [1.54, 1.807) is 0 Å². The van der Waals surface area contributed by atoms with Gasteiger partial charge in [-0.25, -0.2) is 0 Å². The number of hydrogen-bond acceptors (Lipinski definition) is 2. The summed E-state index contributed by atoms with van der Waals surface area (Å²) in [5, 5.41) is 3.17. The molecule has 3 heteroatoms. The molecule has 1 atom stereocenters. The molecule has 3 N–H and O–H groups in total. The third-order valence-corrected chi connectivity index (χ3v) is 1.21. The molecule has 0 radical (unpaired) electrons. The summed E-state index contributed by atoms with van der Waals surface area (Å²) in [4.78, 5) is 0. The molecule has 0 saturated carbocycles. The maximum atomic E-state index is 5.27. The van der Waals surface area contributed by atoms with Gasteiger partial charge in [0.15, 0.2) is 0 Å². The molecule has 0 aromatic carbocycles. The van der Waals surface area contributed by atoms with E-state index in [0.29, 0.717) is 6.04 Å². The van der Waals surface area contributed by atoms with Crippen molar-refractivity contribution in [3.63, 3.8) is 0 Å². The Bertz CT molecular complexity index is 42.2. The summed E-state index contributed by atoms with van der Waals surface area (Å²) in [6.07, 6.45) is 1.27. The van der Waals surface area contributed by atoms with E-state index in [9.17, 15) is 0 Å². The molecule has 1 aliphatic heterocycles. The standard InChI is InChI=1S/C4H10N2.Pt/c5-3-4-1-2-6-4;/h4,6H,1-3,5H2;. The molecular formula is C4H10N2Pt. The Morgan fingerprint density at radius 2 is 2.29 bits per heavy atom. The van der Waals surface area contributed by atoms with Crippen molar-refractivity contribution in [2.45, 2.75) is 12.5 Å². The first-order chi connectivity index (χ1) is 2.93. The van der Waals surface area contributed by atoms with Crippen LogP contribution in [0.4, 0.5) is 0 Å². The Hall–Kier alpha value is 0.608. The topological polar surface area (TPSA) is 38.0 Å². The summed E-state index contributed by atoms with van der Waals surface area (Å²) in [6, 6.07) is 0.644. The molecule has 0 aromatic rings. The van der Waals surface area contributed by atoms with E-state index in [1.807, 2.05) is 0 Å². The monoisotopic (exact) mass is 281 g/mol. The van der Waals surface area contributed by atoms with Gasteiger partial charge in [-0.3, -0.25) is 0 Å². The maximum absolute atomic E-state index is 5.27. The molecule has 1 aliphatic rings.